The minimum absolute atomic E-state index is 0.0155. The lowest BCUT2D eigenvalue weighted by molar-refractivity contribution is -0.575. The van der Waals surface area contributed by atoms with Gasteiger partial charge in [-0.3, -0.25) is 0 Å². The SMILES string of the molecule is OC(=C(C(=S)Nc1ccc(Cl)cc1)[n+]1ccccc1)c1ccccc1Cl. The van der Waals surface area contributed by atoms with Gasteiger partial charge in [0.05, 0.1) is 5.02 Å². The first-order valence-electron chi connectivity index (χ1n) is 7.78. The van der Waals surface area contributed by atoms with Gasteiger partial charge in [0.1, 0.15) is 0 Å². The molecule has 0 aliphatic heterocycles. The van der Waals surface area contributed by atoms with E-state index in [1.165, 1.54) is 0 Å². The number of aliphatic hydroxyl groups is 1. The molecule has 2 aromatic carbocycles. The third kappa shape index (κ3) is 4.22. The maximum Gasteiger partial charge on any atom is 0.288 e. The Morgan fingerprint density at radius 3 is 2.19 bits per heavy atom. The molecular formula is C20H15Cl2N2OS+. The van der Waals surface area contributed by atoms with Crippen molar-refractivity contribution < 1.29 is 9.67 Å². The molecule has 0 radical (unpaired) electrons. The van der Waals surface area contributed by atoms with Crippen LogP contribution in [-0.4, -0.2) is 10.1 Å². The normalized spacial score (nSPS) is 11.6. The first-order chi connectivity index (χ1) is 12.6. The minimum Gasteiger partial charge on any atom is -0.502 e. The molecule has 1 aromatic heterocycles. The number of hydrogen-bond acceptors (Lipinski definition) is 2. The molecular weight excluding hydrogens is 387 g/mol. The van der Waals surface area contributed by atoms with E-state index in [4.69, 9.17) is 35.4 Å². The van der Waals surface area contributed by atoms with Crippen LogP contribution in [0.3, 0.4) is 0 Å². The second-order valence-corrected chi connectivity index (χ2v) is 6.67. The van der Waals surface area contributed by atoms with E-state index in [-0.39, 0.29) is 5.76 Å². The smallest absolute Gasteiger partial charge is 0.288 e. The molecule has 3 nitrogen and oxygen atoms in total. The second-order valence-electron chi connectivity index (χ2n) is 5.42. The molecule has 0 saturated carbocycles. The average Bonchev–Trinajstić information content (AvgIpc) is 2.65. The van der Waals surface area contributed by atoms with E-state index in [9.17, 15) is 5.11 Å². The number of aliphatic hydroxyl groups excluding tert-OH is 1. The first-order valence-corrected chi connectivity index (χ1v) is 8.94. The fourth-order valence-electron chi connectivity index (χ4n) is 2.40. The molecule has 0 spiro atoms. The number of benzene rings is 2. The Morgan fingerprint density at radius 1 is 0.885 bits per heavy atom. The number of halogens is 2. The zero-order valence-corrected chi connectivity index (χ0v) is 15.9. The van der Waals surface area contributed by atoms with Crippen molar-refractivity contribution in [3.8, 4) is 0 Å². The van der Waals surface area contributed by atoms with Crippen LogP contribution in [0.25, 0.3) is 11.5 Å². The summed E-state index contributed by atoms with van der Waals surface area (Å²) < 4.78 is 1.74. The number of nitrogens with zero attached hydrogens (tertiary/aromatic N) is 1. The van der Waals surface area contributed by atoms with Crippen molar-refractivity contribution in [1.82, 2.24) is 0 Å². The molecule has 26 heavy (non-hydrogen) atoms. The summed E-state index contributed by atoms with van der Waals surface area (Å²) >= 11 is 17.7. The van der Waals surface area contributed by atoms with E-state index in [0.717, 1.165) is 5.69 Å². The van der Waals surface area contributed by atoms with Crippen molar-refractivity contribution in [2.24, 2.45) is 0 Å². The van der Waals surface area contributed by atoms with Gasteiger partial charge in [0.25, 0.3) is 5.70 Å². The van der Waals surface area contributed by atoms with E-state index in [0.29, 0.717) is 26.3 Å². The lowest BCUT2D eigenvalue weighted by Crippen LogP contribution is -2.38. The molecule has 6 heteroatoms. The van der Waals surface area contributed by atoms with Crippen LogP contribution in [0.15, 0.2) is 79.1 Å². The molecule has 0 amide bonds. The third-order valence-electron chi connectivity index (χ3n) is 3.64. The van der Waals surface area contributed by atoms with Gasteiger partial charge in [0, 0.05) is 28.4 Å². The number of nitrogens with one attached hydrogen (secondary N) is 1. The van der Waals surface area contributed by atoms with E-state index in [1.807, 2.05) is 30.3 Å². The van der Waals surface area contributed by atoms with Crippen LogP contribution in [0, 0.1) is 0 Å². The summed E-state index contributed by atoms with van der Waals surface area (Å²) in [5.41, 5.74) is 1.69. The maximum absolute atomic E-state index is 10.9. The number of aromatic nitrogens is 1. The molecule has 0 bridgehead atoms. The zero-order valence-electron chi connectivity index (χ0n) is 13.6. The van der Waals surface area contributed by atoms with Gasteiger partial charge in [0.2, 0.25) is 5.76 Å². The molecule has 0 atom stereocenters. The van der Waals surface area contributed by atoms with Crippen molar-refractivity contribution >= 4 is 57.6 Å². The van der Waals surface area contributed by atoms with Crippen LogP contribution >= 0.6 is 35.4 Å². The number of pyridine rings is 1. The Balaban J connectivity index is 2.07. The molecule has 0 aliphatic rings. The van der Waals surface area contributed by atoms with Crippen LogP contribution in [0.4, 0.5) is 5.69 Å². The Bertz CT molecular complexity index is 957. The highest BCUT2D eigenvalue weighted by atomic mass is 35.5. The largest absolute Gasteiger partial charge is 0.502 e. The Kier molecular flexibility index (Phi) is 5.89. The standard InChI is InChI=1S/C20H14Cl2N2OS/c21-14-8-10-15(11-9-14)23-20(26)18(24-12-4-1-5-13-24)19(25)16-6-2-3-7-17(16)22/h1-13H,(H-,23,25,26)/p+1. The highest BCUT2D eigenvalue weighted by Crippen LogP contribution is 2.25. The summed E-state index contributed by atoms with van der Waals surface area (Å²) in [6.45, 7) is 0. The highest BCUT2D eigenvalue weighted by Gasteiger charge is 2.24. The van der Waals surface area contributed by atoms with Gasteiger partial charge >= 0.3 is 0 Å². The van der Waals surface area contributed by atoms with Gasteiger partial charge in [-0.05, 0) is 36.4 Å². The van der Waals surface area contributed by atoms with Gasteiger partial charge in [0.15, 0.2) is 17.4 Å². The summed E-state index contributed by atoms with van der Waals surface area (Å²) in [4.78, 5) is 0.348. The second kappa shape index (κ2) is 8.32. The van der Waals surface area contributed by atoms with Crippen molar-refractivity contribution in [2.75, 3.05) is 5.32 Å². The van der Waals surface area contributed by atoms with Crippen molar-refractivity contribution in [2.45, 2.75) is 0 Å². The third-order valence-corrected chi connectivity index (χ3v) is 4.52. The van der Waals surface area contributed by atoms with Crippen molar-refractivity contribution in [3.63, 3.8) is 0 Å². The number of hydrogen-bond donors (Lipinski definition) is 2. The number of anilines is 1. The number of rotatable bonds is 4. The summed E-state index contributed by atoms with van der Waals surface area (Å²) in [5.74, 6) is -0.0155. The lowest BCUT2D eigenvalue weighted by atomic mass is 10.1. The fraction of sp³-hybridized carbons (Fsp3) is 0. The number of thiocarbonyl (C=S) groups is 1. The molecule has 3 rings (SSSR count). The Labute approximate surface area is 167 Å². The fourth-order valence-corrected chi connectivity index (χ4v) is 3.07. The van der Waals surface area contributed by atoms with Crippen molar-refractivity contribution in [3.05, 3.63) is 94.7 Å². The molecule has 1 heterocycles. The molecule has 0 aliphatic carbocycles. The van der Waals surface area contributed by atoms with Gasteiger partial charge in [-0.15, -0.1) is 0 Å². The predicted molar refractivity (Wildman–Crippen MR) is 112 cm³/mol. The van der Waals surface area contributed by atoms with Gasteiger partial charge in [-0.1, -0.05) is 53.6 Å². The molecule has 3 aromatic rings. The quantitative estimate of drug-likeness (QED) is 0.258. The van der Waals surface area contributed by atoms with Crippen LogP contribution < -0.4 is 9.88 Å². The molecule has 0 unspecified atom stereocenters. The lowest BCUT2D eigenvalue weighted by Gasteiger charge is -2.11. The molecule has 0 saturated heterocycles. The monoisotopic (exact) mass is 401 g/mol. The first kappa shape index (κ1) is 18.4. The van der Waals surface area contributed by atoms with Crippen LogP contribution in [0.1, 0.15) is 5.56 Å². The Morgan fingerprint density at radius 2 is 1.54 bits per heavy atom. The summed E-state index contributed by atoms with van der Waals surface area (Å²) in [7, 11) is 0. The van der Waals surface area contributed by atoms with E-state index < -0.39 is 0 Å². The average molecular weight is 402 g/mol. The van der Waals surface area contributed by atoms with Crippen LogP contribution in [-0.2, 0) is 0 Å². The minimum atomic E-state index is -0.0155. The highest BCUT2D eigenvalue weighted by molar-refractivity contribution is 7.81. The predicted octanol–water partition coefficient (Wildman–Crippen LogP) is 5.60. The molecule has 0 fully saturated rings. The van der Waals surface area contributed by atoms with Gasteiger partial charge in [-0.2, -0.15) is 4.57 Å². The Hall–Kier alpha value is -2.40. The van der Waals surface area contributed by atoms with E-state index >= 15 is 0 Å². The topological polar surface area (TPSA) is 36.1 Å². The van der Waals surface area contributed by atoms with Gasteiger partial charge in [-0.25, -0.2) is 0 Å². The molecule has 130 valence electrons. The zero-order chi connectivity index (χ0) is 18.5. The van der Waals surface area contributed by atoms with Crippen LogP contribution in [0.5, 0.6) is 0 Å². The van der Waals surface area contributed by atoms with Crippen LogP contribution in [0.2, 0.25) is 10.0 Å². The van der Waals surface area contributed by atoms with E-state index in [1.54, 1.807) is 53.4 Å². The summed E-state index contributed by atoms with van der Waals surface area (Å²) in [5, 5.41) is 15.1. The van der Waals surface area contributed by atoms with Gasteiger partial charge < -0.3 is 10.4 Å². The summed E-state index contributed by atoms with van der Waals surface area (Å²) in [6.07, 6.45) is 3.61. The van der Waals surface area contributed by atoms with E-state index in [2.05, 4.69) is 5.32 Å². The van der Waals surface area contributed by atoms with Crippen molar-refractivity contribution in [1.29, 1.82) is 0 Å². The maximum atomic E-state index is 10.9. The molecule has 2 N–H and O–H groups in total. The summed E-state index contributed by atoms with van der Waals surface area (Å²) in [6, 6.07) is 19.8.